The number of anilines is 4. The first kappa shape index (κ1) is 20.1. The molecule has 31 heavy (non-hydrogen) atoms. The summed E-state index contributed by atoms with van der Waals surface area (Å²) in [6.07, 6.45) is 7.22. The second kappa shape index (κ2) is 9.08. The highest BCUT2D eigenvalue weighted by Crippen LogP contribution is 2.25. The van der Waals surface area contributed by atoms with Crippen LogP contribution in [0.1, 0.15) is 15.9 Å². The Balaban J connectivity index is 1.53. The SMILES string of the molecule is COc1ccccc1C(=O)Nc1ccc(C)c(Nc2nccc(N3C=CC=NC3)n2)c1. The van der Waals surface area contributed by atoms with Crippen LogP contribution in [0, 0.1) is 6.92 Å². The number of benzene rings is 2. The van der Waals surface area contributed by atoms with Gasteiger partial charge < -0.3 is 20.3 Å². The van der Waals surface area contributed by atoms with Gasteiger partial charge in [-0.2, -0.15) is 4.98 Å². The Morgan fingerprint density at radius 2 is 2.03 bits per heavy atom. The lowest BCUT2D eigenvalue weighted by Gasteiger charge is -2.19. The van der Waals surface area contributed by atoms with Crippen molar-refractivity contribution in [2.75, 3.05) is 29.3 Å². The van der Waals surface area contributed by atoms with Crippen molar-refractivity contribution < 1.29 is 9.53 Å². The average molecular weight is 414 g/mol. The van der Waals surface area contributed by atoms with Gasteiger partial charge in [0.1, 0.15) is 18.2 Å². The fourth-order valence-corrected chi connectivity index (χ4v) is 3.09. The molecule has 0 saturated heterocycles. The average Bonchev–Trinajstić information content (AvgIpc) is 2.82. The fraction of sp³-hybridized carbons (Fsp3) is 0.130. The molecule has 1 aromatic heterocycles. The molecule has 0 aliphatic carbocycles. The normalized spacial score (nSPS) is 12.5. The Morgan fingerprint density at radius 3 is 2.84 bits per heavy atom. The summed E-state index contributed by atoms with van der Waals surface area (Å²) < 4.78 is 5.28. The number of hydrogen-bond acceptors (Lipinski definition) is 7. The number of nitrogens with zero attached hydrogens (tertiary/aromatic N) is 4. The zero-order valence-corrected chi connectivity index (χ0v) is 17.2. The van der Waals surface area contributed by atoms with E-state index in [-0.39, 0.29) is 5.91 Å². The third-order valence-corrected chi connectivity index (χ3v) is 4.72. The second-order valence-corrected chi connectivity index (χ2v) is 6.83. The molecule has 4 rings (SSSR count). The van der Waals surface area contributed by atoms with Crippen LogP contribution in [0.4, 0.5) is 23.1 Å². The molecule has 0 spiro atoms. The van der Waals surface area contributed by atoms with Crippen LogP contribution < -0.4 is 20.3 Å². The molecule has 3 aromatic rings. The first-order valence-corrected chi connectivity index (χ1v) is 9.72. The van der Waals surface area contributed by atoms with E-state index < -0.39 is 0 Å². The molecule has 2 heterocycles. The molecule has 0 fully saturated rings. The first-order valence-electron chi connectivity index (χ1n) is 9.72. The Labute approximate surface area is 180 Å². The van der Waals surface area contributed by atoms with Gasteiger partial charge >= 0.3 is 0 Å². The predicted molar refractivity (Wildman–Crippen MR) is 122 cm³/mol. The summed E-state index contributed by atoms with van der Waals surface area (Å²) in [5.74, 6) is 1.47. The molecule has 0 radical (unpaired) electrons. The zero-order valence-electron chi connectivity index (χ0n) is 17.2. The fourth-order valence-electron chi connectivity index (χ4n) is 3.09. The molecular weight excluding hydrogens is 392 g/mol. The summed E-state index contributed by atoms with van der Waals surface area (Å²) in [4.78, 5) is 27.7. The highest BCUT2D eigenvalue weighted by molar-refractivity contribution is 6.06. The van der Waals surface area contributed by atoms with Crippen molar-refractivity contribution in [3.05, 3.63) is 78.1 Å². The molecule has 156 valence electrons. The molecular formula is C23H22N6O2. The van der Waals surface area contributed by atoms with Gasteiger partial charge in [-0.3, -0.25) is 9.79 Å². The number of allylic oxidation sites excluding steroid dienone is 1. The van der Waals surface area contributed by atoms with Crippen molar-refractivity contribution in [2.24, 2.45) is 4.99 Å². The predicted octanol–water partition coefficient (Wildman–Crippen LogP) is 4.15. The third-order valence-electron chi connectivity index (χ3n) is 4.72. The van der Waals surface area contributed by atoms with E-state index in [0.717, 1.165) is 17.1 Å². The number of aromatic nitrogens is 2. The van der Waals surface area contributed by atoms with E-state index in [0.29, 0.717) is 29.6 Å². The number of carbonyl (C=O) groups is 1. The minimum atomic E-state index is -0.247. The standard InChI is InChI=1S/C23H22N6O2/c1-16-8-9-17(26-22(30)18-6-3-4-7-20(18)31-2)14-19(16)27-23-25-12-10-21(28-23)29-13-5-11-24-15-29/h3-14H,15H2,1-2H3,(H,26,30)(H,25,27,28). The molecule has 0 unspecified atom stereocenters. The van der Waals surface area contributed by atoms with Gasteiger partial charge in [0.15, 0.2) is 0 Å². The van der Waals surface area contributed by atoms with Crippen LogP contribution in [0.5, 0.6) is 5.75 Å². The van der Waals surface area contributed by atoms with Gasteiger partial charge in [-0.25, -0.2) is 4.98 Å². The molecule has 0 atom stereocenters. The van der Waals surface area contributed by atoms with Gasteiger partial charge in [0.05, 0.1) is 12.7 Å². The van der Waals surface area contributed by atoms with Crippen LogP contribution in [0.3, 0.4) is 0 Å². The molecule has 1 aliphatic heterocycles. The maximum absolute atomic E-state index is 12.7. The minimum absolute atomic E-state index is 0.247. The smallest absolute Gasteiger partial charge is 0.259 e. The van der Waals surface area contributed by atoms with Crippen LogP contribution >= 0.6 is 0 Å². The molecule has 8 heteroatoms. The van der Waals surface area contributed by atoms with Crippen LogP contribution in [0.25, 0.3) is 0 Å². The number of methoxy groups -OCH3 is 1. The molecule has 2 N–H and O–H groups in total. The summed E-state index contributed by atoms with van der Waals surface area (Å²) >= 11 is 0. The van der Waals surface area contributed by atoms with E-state index >= 15 is 0 Å². The Kier molecular flexibility index (Phi) is 5.89. The van der Waals surface area contributed by atoms with E-state index in [9.17, 15) is 4.79 Å². The highest BCUT2D eigenvalue weighted by atomic mass is 16.5. The summed E-state index contributed by atoms with van der Waals surface area (Å²) in [5, 5.41) is 6.16. The number of hydrogen-bond donors (Lipinski definition) is 2. The van der Waals surface area contributed by atoms with Gasteiger partial charge in [-0.15, -0.1) is 0 Å². The highest BCUT2D eigenvalue weighted by Gasteiger charge is 2.13. The van der Waals surface area contributed by atoms with Crippen molar-refractivity contribution >= 4 is 35.3 Å². The van der Waals surface area contributed by atoms with Gasteiger partial charge in [0, 0.05) is 30.0 Å². The van der Waals surface area contributed by atoms with Crippen LogP contribution in [-0.2, 0) is 0 Å². The molecule has 0 saturated carbocycles. The van der Waals surface area contributed by atoms with E-state index in [4.69, 9.17) is 4.74 Å². The Morgan fingerprint density at radius 1 is 1.16 bits per heavy atom. The van der Waals surface area contributed by atoms with E-state index in [1.807, 2.05) is 54.4 Å². The minimum Gasteiger partial charge on any atom is -0.496 e. The van der Waals surface area contributed by atoms with Crippen molar-refractivity contribution in [2.45, 2.75) is 6.92 Å². The van der Waals surface area contributed by atoms with Crippen molar-refractivity contribution in [1.29, 1.82) is 0 Å². The van der Waals surface area contributed by atoms with Crippen molar-refractivity contribution in [3.63, 3.8) is 0 Å². The molecule has 2 aromatic carbocycles. The lowest BCUT2D eigenvalue weighted by Crippen LogP contribution is -2.20. The van der Waals surface area contributed by atoms with Crippen molar-refractivity contribution in [1.82, 2.24) is 9.97 Å². The molecule has 8 nitrogen and oxygen atoms in total. The number of aryl methyl sites for hydroxylation is 1. The summed E-state index contributed by atoms with van der Waals surface area (Å²) in [5.41, 5.74) is 2.90. The number of aliphatic imine (C=N–C) groups is 1. The van der Waals surface area contributed by atoms with Crippen LogP contribution in [-0.4, -0.2) is 35.9 Å². The topological polar surface area (TPSA) is 91.7 Å². The van der Waals surface area contributed by atoms with E-state index in [2.05, 4.69) is 25.6 Å². The second-order valence-electron chi connectivity index (χ2n) is 6.83. The monoisotopic (exact) mass is 414 g/mol. The number of nitrogens with one attached hydrogen (secondary N) is 2. The molecule has 1 aliphatic rings. The molecule has 1 amide bonds. The van der Waals surface area contributed by atoms with Gasteiger partial charge in [0.25, 0.3) is 5.91 Å². The lowest BCUT2D eigenvalue weighted by atomic mass is 10.1. The maximum atomic E-state index is 12.7. The van der Waals surface area contributed by atoms with E-state index in [1.165, 1.54) is 0 Å². The number of ether oxygens (including phenoxy) is 1. The van der Waals surface area contributed by atoms with Gasteiger partial charge in [0.2, 0.25) is 5.95 Å². The first-order chi connectivity index (χ1) is 15.1. The van der Waals surface area contributed by atoms with Crippen LogP contribution in [0.15, 0.2) is 72.0 Å². The summed E-state index contributed by atoms with van der Waals surface area (Å²) in [6, 6.07) is 14.5. The number of amides is 1. The van der Waals surface area contributed by atoms with E-state index in [1.54, 1.807) is 37.7 Å². The summed E-state index contributed by atoms with van der Waals surface area (Å²) in [6.45, 7) is 2.48. The number of para-hydroxylation sites is 1. The number of carbonyl (C=O) groups excluding carboxylic acids is 1. The number of rotatable bonds is 6. The zero-order chi connectivity index (χ0) is 21.6. The summed E-state index contributed by atoms with van der Waals surface area (Å²) in [7, 11) is 1.54. The maximum Gasteiger partial charge on any atom is 0.259 e. The lowest BCUT2D eigenvalue weighted by molar-refractivity contribution is 0.102. The van der Waals surface area contributed by atoms with Gasteiger partial charge in [-0.1, -0.05) is 18.2 Å². The quantitative estimate of drug-likeness (QED) is 0.630. The molecule has 0 bridgehead atoms. The van der Waals surface area contributed by atoms with Crippen LogP contribution in [0.2, 0.25) is 0 Å². The van der Waals surface area contributed by atoms with Gasteiger partial charge in [-0.05, 0) is 48.9 Å². The Bertz CT molecular complexity index is 1160. The largest absolute Gasteiger partial charge is 0.496 e. The Hall–Kier alpha value is -4.20. The third kappa shape index (κ3) is 4.69. The van der Waals surface area contributed by atoms with Crippen molar-refractivity contribution in [3.8, 4) is 5.75 Å².